The zero-order valence-corrected chi connectivity index (χ0v) is 13.2. The van der Waals surface area contributed by atoms with Crippen LogP contribution in [-0.4, -0.2) is 24.1 Å². The minimum atomic E-state index is -0.313. The second kappa shape index (κ2) is 6.46. The first-order chi connectivity index (χ1) is 9.88. The summed E-state index contributed by atoms with van der Waals surface area (Å²) in [5.41, 5.74) is 2.40. The number of allylic oxidation sites excluding steroid dienone is 2. The van der Waals surface area contributed by atoms with Crippen molar-refractivity contribution in [3.63, 3.8) is 0 Å². The predicted molar refractivity (Wildman–Crippen MR) is 79.5 cm³/mol. The van der Waals surface area contributed by atoms with E-state index in [2.05, 4.69) is 19.9 Å². The van der Waals surface area contributed by atoms with E-state index >= 15 is 0 Å². The lowest BCUT2D eigenvalue weighted by Crippen LogP contribution is -2.35. The van der Waals surface area contributed by atoms with Crippen molar-refractivity contribution in [2.75, 3.05) is 0 Å². The van der Waals surface area contributed by atoms with Crippen LogP contribution in [0.25, 0.3) is 0 Å². The fourth-order valence-electron chi connectivity index (χ4n) is 3.22. The van der Waals surface area contributed by atoms with Gasteiger partial charge in [-0.15, -0.1) is 0 Å². The van der Waals surface area contributed by atoms with Crippen molar-refractivity contribution < 1.29 is 19.1 Å². The van der Waals surface area contributed by atoms with Crippen LogP contribution in [0.4, 0.5) is 0 Å². The Morgan fingerprint density at radius 1 is 1.33 bits per heavy atom. The van der Waals surface area contributed by atoms with E-state index in [0.717, 1.165) is 12.8 Å². The van der Waals surface area contributed by atoms with E-state index in [1.54, 1.807) is 0 Å². The third-order valence-electron chi connectivity index (χ3n) is 4.33. The molecule has 1 saturated heterocycles. The van der Waals surface area contributed by atoms with Gasteiger partial charge < -0.3 is 9.47 Å². The number of esters is 2. The minimum Gasteiger partial charge on any atom is -0.462 e. The smallest absolute Gasteiger partial charge is 0.309 e. The van der Waals surface area contributed by atoms with Crippen molar-refractivity contribution in [1.82, 2.24) is 0 Å². The summed E-state index contributed by atoms with van der Waals surface area (Å²) in [5.74, 6) is -0.878. The topological polar surface area (TPSA) is 52.6 Å². The van der Waals surface area contributed by atoms with Crippen LogP contribution in [0.5, 0.6) is 0 Å². The van der Waals surface area contributed by atoms with Crippen molar-refractivity contribution in [3.8, 4) is 0 Å². The molecule has 1 heterocycles. The molecular weight excluding hydrogens is 268 g/mol. The summed E-state index contributed by atoms with van der Waals surface area (Å²) in [6, 6.07) is 0. The summed E-state index contributed by atoms with van der Waals surface area (Å²) in [6.07, 6.45) is 6.20. The van der Waals surface area contributed by atoms with E-state index in [0.29, 0.717) is 6.42 Å². The average Bonchev–Trinajstić information content (AvgIpc) is 2.62. The van der Waals surface area contributed by atoms with E-state index in [-0.39, 0.29) is 36.0 Å². The molecule has 1 fully saturated rings. The molecule has 0 saturated carbocycles. The van der Waals surface area contributed by atoms with Gasteiger partial charge >= 0.3 is 11.9 Å². The quantitative estimate of drug-likeness (QED) is 0.550. The van der Waals surface area contributed by atoms with E-state index in [4.69, 9.17) is 9.47 Å². The molecule has 2 rings (SSSR count). The van der Waals surface area contributed by atoms with Gasteiger partial charge in [-0.1, -0.05) is 24.1 Å². The van der Waals surface area contributed by atoms with Crippen LogP contribution in [0.15, 0.2) is 23.3 Å². The van der Waals surface area contributed by atoms with E-state index < -0.39 is 0 Å². The Labute approximate surface area is 126 Å². The molecule has 0 spiro atoms. The number of ether oxygens (including phenoxy) is 2. The molecule has 0 aromatic heterocycles. The Morgan fingerprint density at radius 3 is 2.71 bits per heavy atom. The molecule has 21 heavy (non-hydrogen) atoms. The number of hydrogen-bond donors (Lipinski definition) is 0. The largest absolute Gasteiger partial charge is 0.462 e. The van der Waals surface area contributed by atoms with Gasteiger partial charge in [-0.05, 0) is 32.8 Å². The van der Waals surface area contributed by atoms with Gasteiger partial charge in [0.1, 0.15) is 12.2 Å². The maximum Gasteiger partial charge on any atom is 0.309 e. The van der Waals surface area contributed by atoms with Crippen LogP contribution in [-0.2, 0) is 19.1 Å². The van der Waals surface area contributed by atoms with E-state index in [9.17, 15) is 9.59 Å². The Morgan fingerprint density at radius 2 is 2.05 bits per heavy atom. The van der Waals surface area contributed by atoms with E-state index in [1.165, 1.54) is 18.1 Å². The van der Waals surface area contributed by atoms with Crippen molar-refractivity contribution in [1.29, 1.82) is 0 Å². The number of carbonyl (C=O) groups is 2. The molecule has 4 nitrogen and oxygen atoms in total. The van der Waals surface area contributed by atoms with Crippen LogP contribution in [0.1, 0.15) is 47.0 Å². The van der Waals surface area contributed by atoms with Crippen molar-refractivity contribution in [2.45, 2.75) is 59.2 Å². The lowest BCUT2D eigenvalue weighted by atomic mass is 9.82. The molecule has 4 heteroatoms. The SMILES string of the molecule is CC(=O)O[C@H]1CC(C)=CCC/C(C)=C/[C@H]2OC(=O)[C@H](C)[C@H]12. The van der Waals surface area contributed by atoms with Gasteiger partial charge in [0.15, 0.2) is 0 Å². The number of hydrogen-bond acceptors (Lipinski definition) is 4. The molecule has 0 radical (unpaired) electrons. The van der Waals surface area contributed by atoms with Gasteiger partial charge in [0, 0.05) is 13.3 Å². The third kappa shape index (κ3) is 3.74. The molecule has 0 aromatic carbocycles. The Balaban J connectivity index is 2.36. The molecule has 0 aromatic rings. The van der Waals surface area contributed by atoms with Crippen molar-refractivity contribution in [2.24, 2.45) is 11.8 Å². The van der Waals surface area contributed by atoms with Crippen molar-refractivity contribution in [3.05, 3.63) is 23.3 Å². The van der Waals surface area contributed by atoms with Gasteiger partial charge in [0.25, 0.3) is 0 Å². The first-order valence-electron chi connectivity index (χ1n) is 7.59. The fraction of sp³-hybridized carbons (Fsp3) is 0.647. The highest BCUT2D eigenvalue weighted by molar-refractivity contribution is 5.75. The average molecular weight is 292 g/mol. The first-order valence-corrected chi connectivity index (χ1v) is 7.59. The van der Waals surface area contributed by atoms with Gasteiger partial charge in [-0.3, -0.25) is 9.59 Å². The van der Waals surface area contributed by atoms with Crippen LogP contribution in [0.3, 0.4) is 0 Å². The number of carbonyl (C=O) groups excluding carboxylic acids is 2. The summed E-state index contributed by atoms with van der Waals surface area (Å²) < 4.78 is 11.0. The Hall–Kier alpha value is -1.58. The lowest BCUT2D eigenvalue weighted by Gasteiger charge is -2.28. The Bertz CT molecular complexity index is 489. The normalized spacial score (nSPS) is 35.9. The second-order valence-corrected chi connectivity index (χ2v) is 6.22. The molecule has 116 valence electrons. The number of rotatable bonds is 1. The molecule has 4 atom stereocenters. The highest BCUT2D eigenvalue weighted by atomic mass is 16.6. The second-order valence-electron chi connectivity index (χ2n) is 6.22. The van der Waals surface area contributed by atoms with Crippen LogP contribution < -0.4 is 0 Å². The summed E-state index contributed by atoms with van der Waals surface area (Å²) >= 11 is 0. The number of fused-ring (bicyclic) bond motifs is 1. The summed E-state index contributed by atoms with van der Waals surface area (Å²) in [7, 11) is 0. The lowest BCUT2D eigenvalue weighted by molar-refractivity contribution is -0.150. The highest BCUT2D eigenvalue weighted by Crippen LogP contribution is 2.37. The predicted octanol–water partition coefficient (Wildman–Crippen LogP) is 3.17. The summed E-state index contributed by atoms with van der Waals surface area (Å²) in [4.78, 5) is 23.4. The zero-order chi connectivity index (χ0) is 15.6. The van der Waals surface area contributed by atoms with E-state index in [1.807, 2.05) is 13.0 Å². The maximum atomic E-state index is 11.9. The maximum absolute atomic E-state index is 11.9. The molecule has 0 amide bonds. The van der Waals surface area contributed by atoms with Gasteiger partial charge in [-0.25, -0.2) is 0 Å². The van der Waals surface area contributed by atoms with Gasteiger partial charge in [0.2, 0.25) is 0 Å². The molecule has 0 bridgehead atoms. The molecule has 1 aliphatic carbocycles. The van der Waals surface area contributed by atoms with Crippen LogP contribution in [0, 0.1) is 11.8 Å². The highest BCUT2D eigenvalue weighted by Gasteiger charge is 2.46. The Kier molecular flexibility index (Phi) is 4.86. The fourth-order valence-corrected chi connectivity index (χ4v) is 3.22. The first kappa shape index (κ1) is 15.8. The summed E-state index contributed by atoms with van der Waals surface area (Å²) in [6.45, 7) is 7.38. The molecule has 0 unspecified atom stereocenters. The third-order valence-corrected chi connectivity index (χ3v) is 4.33. The molecule has 1 aliphatic heterocycles. The summed E-state index contributed by atoms with van der Waals surface area (Å²) in [5, 5.41) is 0. The van der Waals surface area contributed by atoms with Gasteiger partial charge in [0.05, 0.1) is 11.8 Å². The van der Waals surface area contributed by atoms with Gasteiger partial charge in [-0.2, -0.15) is 0 Å². The van der Waals surface area contributed by atoms with Crippen molar-refractivity contribution >= 4 is 11.9 Å². The molecule has 0 N–H and O–H groups in total. The molecular formula is C17H24O4. The molecule has 2 aliphatic rings. The minimum absolute atomic E-state index is 0.113. The zero-order valence-electron chi connectivity index (χ0n) is 13.2. The monoisotopic (exact) mass is 292 g/mol. The standard InChI is InChI=1S/C17H24O4/c1-10-6-5-7-11(2)9-15-16(12(3)17(19)21-15)14(8-10)20-13(4)18/h6,9,12,14-16H,5,7-8H2,1-4H3/b10-6?,11-9+/t12-,14+,15-,16-/m1/s1. The van der Waals surface area contributed by atoms with Crippen LogP contribution in [0.2, 0.25) is 0 Å². The van der Waals surface area contributed by atoms with Crippen LogP contribution >= 0.6 is 0 Å².